The summed E-state index contributed by atoms with van der Waals surface area (Å²) < 4.78 is 5.39. The van der Waals surface area contributed by atoms with Gasteiger partial charge in [0.15, 0.2) is 0 Å². The normalized spacial score (nSPS) is 11.8. The number of rotatable bonds is 10. The van der Waals surface area contributed by atoms with E-state index in [4.69, 9.17) is 27.9 Å². The number of carbonyl (C=O) groups excluding carboxylic acids is 2. The van der Waals surface area contributed by atoms with Crippen molar-refractivity contribution in [3.8, 4) is 5.75 Å². The molecule has 0 aliphatic heterocycles. The number of thioether (sulfide) groups is 1. The van der Waals surface area contributed by atoms with Gasteiger partial charge in [0.2, 0.25) is 11.1 Å². The van der Waals surface area contributed by atoms with Gasteiger partial charge in [-0.2, -0.15) is 0 Å². The molecule has 11 heteroatoms. The first-order valence-corrected chi connectivity index (χ1v) is 12.3. The number of aromatic nitrogens is 3. The van der Waals surface area contributed by atoms with Gasteiger partial charge in [-0.05, 0) is 55.3 Å². The maximum atomic E-state index is 12.8. The summed E-state index contributed by atoms with van der Waals surface area (Å²) in [5, 5.41) is 13.9. The molecule has 0 fully saturated rings. The van der Waals surface area contributed by atoms with Gasteiger partial charge in [0.05, 0.1) is 29.0 Å². The molecular weight excluding hydrogens is 497 g/mol. The molecule has 180 valence electrons. The molecule has 0 aliphatic rings. The molecule has 0 unspecified atom stereocenters. The lowest BCUT2D eigenvalue weighted by molar-refractivity contribution is -0.113. The number of benzene rings is 2. The number of carbonyl (C=O) groups is 2. The van der Waals surface area contributed by atoms with Crippen molar-refractivity contribution in [1.82, 2.24) is 20.5 Å². The van der Waals surface area contributed by atoms with E-state index in [2.05, 4.69) is 25.8 Å². The SMILES string of the molecule is CCOc1ccc(NC(=O)CSc2n[nH]c([C@H](NC(=O)c3ccc(Cl)cc3Cl)C(C)C)n2)cc1. The van der Waals surface area contributed by atoms with Crippen LogP contribution in [0.2, 0.25) is 10.0 Å². The van der Waals surface area contributed by atoms with Crippen molar-refractivity contribution in [3.05, 3.63) is 63.9 Å². The molecule has 1 heterocycles. The average Bonchev–Trinajstić information content (AvgIpc) is 3.26. The van der Waals surface area contributed by atoms with Crippen LogP contribution in [0.5, 0.6) is 5.75 Å². The lowest BCUT2D eigenvalue weighted by Crippen LogP contribution is -2.32. The number of nitrogens with zero attached hydrogens (tertiary/aromatic N) is 2. The van der Waals surface area contributed by atoms with E-state index in [1.54, 1.807) is 36.4 Å². The van der Waals surface area contributed by atoms with Crippen LogP contribution in [0.1, 0.15) is 43.0 Å². The fourth-order valence-corrected chi connectivity index (χ4v) is 4.13. The van der Waals surface area contributed by atoms with Gasteiger partial charge in [0.1, 0.15) is 11.6 Å². The topological polar surface area (TPSA) is 109 Å². The van der Waals surface area contributed by atoms with E-state index in [-0.39, 0.29) is 28.5 Å². The highest BCUT2D eigenvalue weighted by molar-refractivity contribution is 7.99. The van der Waals surface area contributed by atoms with Gasteiger partial charge in [-0.1, -0.05) is 48.8 Å². The standard InChI is InChI=1S/C23H25Cl2N5O3S/c1-4-33-16-8-6-15(7-9-16)26-19(31)12-34-23-28-21(29-30-23)20(13(2)3)27-22(32)17-10-5-14(24)11-18(17)25/h5-11,13,20H,4,12H2,1-3H3,(H,26,31)(H,27,32)(H,28,29,30)/t20-/m1/s1. The van der Waals surface area contributed by atoms with E-state index in [0.717, 1.165) is 5.75 Å². The zero-order valence-corrected chi connectivity index (χ0v) is 21.2. The molecule has 8 nitrogen and oxygen atoms in total. The summed E-state index contributed by atoms with van der Waals surface area (Å²) in [6.07, 6.45) is 0. The van der Waals surface area contributed by atoms with Crippen molar-refractivity contribution >= 4 is 52.5 Å². The number of nitrogens with one attached hydrogen (secondary N) is 3. The molecule has 1 atom stereocenters. The number of amides is 2. The zero-order valence-electron chi connectivity index (χ0n) is 18.9. The highest BCUT2D eigenvalue weighted by Crippen LogP contribution is 2.25. The Labute approximate surface area is 212 Å². The Hall–Kier alpha value is -2.75. The molecule has 2 amide bonds. The largest absolute Gasteiger partial charge is 0.494 e. The molecule has 0 spiro atoms. The third kappa shape index (κ3) is 7.12. The molecule has 34 heavy (non-hydrogen) atoms. The van der Waals surface area contributed by atoms with Crippen molar-refractivity contribution in [3.63, 3.8) is 0 Å². The first kappa shape index (κ1) is 25.9. The molecule has 1 aromatic heterocycles. The van der Waals surface area contributed by atoms with Crippen LogP contribution in [0.15, 0.2) is 47.6 Å². The second-order valence-electron chi connectivity index (χ2n) is 7.62. The third-order valence-electron chi connectivity index (χ3n) is 4.69. The number of hydrogen-bond donors (Lipinski definition) is 3. The Kier molecular flexibility index (Phi) is 9.20. The summed E-state index contributed by atoms with van der Waals surface area (Å²) in [5.74, 6) is 0.844. The third-order valence-corrected chi connectivity index (χ3v) is 6.08. The van der Waals surface area contributed by atoms with Crippen molar-refractivity contribution in [2.75, 3.05) is 17.7 Å². The second-order valence-corrected chi connectivity index (χ2v) is 9.40. The van der Waals surface area contributed by atoms with Gasteiger partial charge in [0.25, 0.3) is 5.91 Å². The number of anilines is 1. The fourth-order valence-electron chi connectivity index (χ4n) is 3.03. The minimum atomic E-state index is -0.432. The van der Waals surface area contributed by atoms with Crippen molar-refractivity contribution < 1.29 is 14.3 Å². The van der Waals surface area contributed by atoms with Crippen molar-refractivity contribution in [1.29, 1.82) is 0 Å². The van der Waals surface area contributed by atoms with Gasteiger partial charge in [0, 0.05) is 10.7 Å². The first-order valence-electron chi connectivity index (χ1n) is 10.6. The van der Waals surface area contributed by atoms with Crippen molar-refractivity contribution in [2.24, 2.45) is 5.92 Å². The Bertz CT molecular complexity index is 1140. The van der Waals surface area contributed by atoms with Crippen LogP contribution in [-0.2, 0) is 4.79 Å². The molecule has 0 aliphatic carbocycles. The van der Waals surface area contributed by atoms with E-state index in [1.165, 1.54) is 17.8 Å². The summed E-state index contributed by atoms with van der Waals surface area (Å²) in [6, 6.07) is 11.4. The predicted octanol–water partition coefficient (Wildman–Crippen LogP) is 5.37. The quantitative estimate of drug-likeness (QED) is 0.309. The van der Waals surface area contributed by atoms with Gasteiger partial charge >= 0.3 is 0 Å². The van der Waals surface area contributed by atoms with Crippen LogP contribution in [-0.4, -0.2) is 39.4 Å². The van der Waals surface area contributed by atoms with E-state index < -0.39 is 6.04 Å². The highest BCUT2D eigenvalue weighted by Gasteiger charge is 2.24. The molecule has 3 rings (SSSR count). The molecule has 0 bridgehead atoms. The summed E-state index contributed by atoms with van der Waals surface area (Å²) in [7, 11) is 0. The number of ether oxygens (including phenoxy) is 1. The van der Waals surface area contributed by atoms with Gasteiger partial charge < -0.3 is 15.4 Å². The number of hydrogen-bond acceptors (Lipinski definition) is 6. The van der Waals surface area contributed by atoms with E-state index in [0.29, 0.717) is 33.9 Å². The second kappa shape index (κ2) is 12.1. The summed E-state index contributed by atoms with van der Waals surface area (Å²) >= 11 is 13.3. The van der Waals surface area contributed by atoms with Crippen LogP contribution in [0, 0.1) is 5.92 Å². The Balaban J connectivity index is 1.58. The molecule has 3 N–H and O–H groups in total. The number of aromatic amines is 1. The Morgan fingerprint density at radius 3 is 2.53 bits per heavy atom. The van der Waals surface area contributed by atoms with E-state index in [9.17, 15) is 9.59 Å². The molecule has 0 saturated heterocycles. The Morgan fingerprint density at radius 1 is 1.15 bits per heavy atom. The zero-order chi connectivity index (χ0) is 24.7. The van der Waals surface area contributed by atoms with E-state index >= 15 is 0 Å². The Morgan fingerprint density at radius 2 is 1.88 bits per heavy atom. The van der Waals surface area contributed by atoms with Crippen LogP contribution in [0.4, 0.5) is 5.69 Å². The van der Waals surface area contributed by atoms with Crippen LogP contribution >= 0.6 is 35.0 Å². The predicted molar refractivity (Wildman–Crippen MR) is 135 cm³/mol. The van der Waals surface area contributed by atoms with Crippen LogP contribution < -0.4 is 15.4 Å². The van der Waals surface area contributed by atoms with Gasteiger partial charge in [-0.3, -0.25) is 14.7 Å². The summed E-state index contributed by atoms with van der Waals surface area (Å²) in [4.78, 5) is 29.5. The van der Waals surface area contributed by atoms with Crippen LogP contribution in [0.3, 0.4) is 0 Å². The lowest BCUT2D eigenvalue weighted by atomic mass is 10.0. The van der Waals surface area contributed by atoms with Gasteiger partial charge in [-0.25, -0.2) is 4.98 Å². The van der Waals surface area contributed by atoms with Crippen LogP contribution in [0.25, 0.3) is 0 Å². The highest BCUT2D eigenvalue weighted by atomic mass is 35.5. The lowest BCUT2D eigenvalue weighted by Gasteiger charge is -2.20. The maximum absolute atomic E-state index is 12.8. The molecule has 0 saturated carbocycles. The maximum Gasteiger partial charge on any atom is 0.253 e. The summed E-state index contributed by atoms with van der Waals surface area (Å²) in [5.41, 5.74) is 0.991. The number of H-pyrrole nitrogens is 1. The first-order chi connectivity index (χ1) is 16.3. The molecular formula is C23H25Cl2N5O3S. The monoisotopic (exact) mass is 521 g/mol. The summed E-state index contributed by atoms with van der Waals surface area (Å²) in [6.45, 7) is 6.40. The average molecular weight is 522 g/mol. The fraction of sp³-hybridized carbons (Fsp3) is 0.304. The van der Waals surface area contributed by atoms with Crippen molar-refractivity contribution in [2.45, 2.75) is 32.0 Å². The smallest absolute Gasteiger partial charge is 0.253 e. The minimum Gasteiger partial charge on any atom is -0.494 e. The van der Waals surface area contributed by atoms with Gasteiger partial charge in [-0.15, -0.1) is 5.10 Å². The number of halogens is 2. The molecule has 0 radical (unpaired) electrons. The minimum absolute atomic E-state index is 0.0174. The molecule has 2 aromatic carbocycles. The molecule has 3 aromatic rings. The van der Waals surface area contributed by atoms with E-state index in [1.807, 2.05) is 20.8 Å².